The van der Waals surface area contributed by atoms with E-state index in [1.165, 1.54) is 13.0 Å². The van der Waals surface area contributed by atoms with Crippen LogP contribution in [0.15, 0.2) is 63.8 Å². The summed E-state index contributed by atoms with van der Waals surface area (Å²) in [5.74, 6) is 0.127. The molecule has 1 aromatic heterocycles. The topological polar surface area (TPSA) is 65.7 Å². The standard InChI is InChI=1S/C22H22NO5.BrH/c1-16(24)27-15-23(10-12-26-13-11-23)21-14-20(25)19-9-5-8-18(22(19)28-21)17-6-3-2-4-7-17;/h2-9,14H,10-13,15H2,1H3;1H/q+1;/p-1. The fourth-order valence-corrected chi connectivity index (χ4v) is 3.56. The molecule has 7 heteroatoms. The molecule has 152 valence electrons. The van der Waals surface area contributed by atoms with Crippen LogP contribution in [0.5, 0.6) is 0 Å². The number of benzene rings is 2. The quantitative estimate of drug-likeness (QED) is 0.415. The summed E-state index contributed by atoms with van der Waals surface area (Å²) in [6, 6.07) is 16.9. The van der Waals surface area contributed by atoms with Crippen molar-refractivity contribution in [2.24, 2.45) is 0 Å². The molecule has 0 spiro atoms. The Kier molecular flexibility index (Phi) is 6.52. The van der Waals surface area contributed by atoms with Crippen LogP contribution in [-0.2, 0) is 14.3 Å². The van der Waals surface area contributed by atoms with E-state index in [4.69, 9.17) is 13.9 Å². The number of fused-ring (bicyclic) bond motifs is 1. The first-order chi connectivity index (χ1) is 13.6. The van der Waals surface area contributed by atoms with Crippen molar-refractivity contribution in [2.75, 3.05) is 33.0 Å². The lowest BCUT2D eigenvalue weighted by Crippen LogP contribution is -3.00. The molecule has 29 heavy (non-hydrogen) atoms. The van der Waals surface area contributed by atoms with Gasteiger partial charge in [-0.2, -0.15) is 0 Å². The number of nitrogens with zero attached hydrogens (tertiary/aromatic N) is 1. The number of hydrogen-bond acceptors (Lipinski definition) is 5. The highest BCUT2D eigenvalue weighted by Crippen LogP contribution is 2.32. The number of carbonyl (C=O) groups is 1. The van der Waals surface area contributed by atoms with Gasteiger partial charge < -0.3 is 30.9 Å². The third-order valence-electron chi connectivity index (χ3n) is 5.14. The van der Waals surface area contributed by atoms with Gasteiger partial charge in [-0.25, -0.2) is 4.48 Å². The van der Waals surface area contributed by atoms with Crippen LogP contribution >= 0.6 is 0 Å². The minimum atomic E-state index is -0.364. The summed E-state index contributed by atoms with van der Waals surface area (Å²) in [6.45, 7) is 3.62. The monoisotopic (exact) mass is 459 g/mol. The van der Waals surface area contributed by atoms with Crippen LogP contribution < -0.4 is 26.9 Å². The van der Waals surface area contributed by atoms with Crippen molar-refractivity contribution in [3.05, 3.63) is 64.8 Å². The molecule has 0 N–H and O–H groups in total. The van der Waals surface area contributed by atoms with E-state index in [1.807, 2.05) is 42.5 Å². The maximum absolute atomic E-state index is 12.9. The minimum absolute atomic E-state index is 0. The molecule has 0 unspecified atom stereocenters. The van der Waals surface area contributed by atoms with E-state index in [0.717, 1.165) is 11.1 Å². The number of ether oxygens (including phenoxy) is 2. The van der Waals surface area contributed by atoms with Crippen LogP contribution in [0.3, 0.4) is 0 Å². The van der Waals surface area contributed by atoms with Gasteiger partial charge in [-0.3, -0.25) is 9.59 Å². The molecule has 0 aliphatic carbocycles. The Morgan fingerprint density at radius 1 is 1.07 bits per heavy atom. The Balaban J connectivity index is 0.00000240. The zero-order chi connectivity index (χ0) is 19.6. The largest absolute Gasteiger partial charge is 1.00 e. The van der Waals surface area contributed by atoms with Crippen molar-refractivity contribution in [1.29, 1.82) is 0 Å². The molecule has 0 radical (unpaired) electrons. The zero-order valence-electron chi connectivity index (χ0n) is 16.1. The van der Waals surface area contributed by atoms with E-state index >= 15 is 0 Å². The number of esters is 1. The van der Waals surface area contributed by atoms with Crippen molar-refractivity contribution >= 4 is 22.8 Å². The predicted octanol–water partition coefficient (Wildman–Crippen LogP) is 0.322. The van der Waals surface area contributed by atoms with Gasteiger partial charge in [-0.15, -0.1) is 0 Å². The second-order valence-corrected chi connectivity index (χ2v) is 6.97. The Morgan fingerprint density at radius 3 is 2.48 bits per heavy atom. The molecule has 1 aliphatic rings. The number of para-hydroxylation sites is 1. The van der Waals surface area contributed by atoms with Gasteiger partial charge >= 0.3 is 11.9 Å². The SMILES string of the molecule is CC(=O)OC[N+]1(c2cc(=O)c3cccc(-c4ccccc4)c3o2)CCOCC1.[Br-]. The molecule has 3 aromatic rings. The highest BCUT2D eigenvalue weighted by molar-refractivity contribution is 5.92. The Hall–Kier alpha value is -2.48. The molecule has 1 fully saturated rings. The second kappa shape index (κ2) is 8.90. The normalized spacial score (nSPS) is 15.5. The van der Waals surface area contributed by atoms with Crippen LogP contribution in [0.2, 0.25) is 0 Å². The molecule has 0 atom stereocenters. The number of rotatable bonds is 4. The molecule has 0 amide bonds. The first-order valence-corrected chi connectivity index (χ1v) is 9.29. The molecular formula is C22H22BrNO5. The van der Waals surface area contributed by atoms with Gasteiger partial charge in [0.05, 0.1) is 24.7 Å². The minimum Gasteiger partial charge on any atom is -1.00 e. The van der Waals surface area contributed by atoms with Gasteiger partial charge in [0.2, 0.25) is 6.73 Å². The van der Waals surface area contributed by atoms with Crippen molar-refractivity contribution < 1.29 is 35.7 Å². The van der Waals surface area contributed by atoms with Crippen LogP contribution in [0.25, 0.3) is 22.1 Å². The summed E-state index contributed by atoms with van der Waals surface area (Å²) in [7, 11) is 0. The van der Waals surface area contributed by atoms with E-state index in [1.54, 1.807) is 6.07 Å². The highest BCUT2D eigenvalue weighted by Gasteiger charge is 2.37. The van der Waals surface area contributed by atoms with Crippen LogP contribution in [-0.4, -0.2) is 39.0 Å². The molecule has 2 heterocycles. The number of halogens is 1. The first kappa shape index (κ1) is 21.2. The lowest BCUT2D eigenvalue weighted by molar-refractivity contribution is -0.147. The molecule has 0 bridgehead atoms. The number of carbonyl (C=O) groups excluding carboxylic acids is 1. The summed E-state index contributed by atoms with van der Waals surface area (Å²) in [5.41, 5.74) is 2.27. The van der Waals surface area contributed by atoms with Crippen LogP contribution in [0, 0.1) is 0 Å². The van der Waals surface area contributed by atoms with Crippen LogP contribution in [0.1, 0.15) is 6.92 Å². The molecule has 1 aliphatic heterocycles. The average molecular weight is 460 g/mol. The Morgan fingerprint density at radius 2 is 1.79 bits per heavy atom. The highest BCUT2D eigenvalue weighted by atomic mass is 79.9. The van der Waals surface area contributed by atoms with Crippen molar-refractivity contribution in [3.63, 3.8) is 0 Å². The Labute approximate surface area is 179 Å². The lowest BCUT2D eigenvalue weighted by atomic mass is 10.0. The van der Waals surface area contributed by atoms with Gasteiger partial charge in [-0.1, -0.05) is 42.5 Å². The van der Waals surface area contributed by atoms with Crippen molar-refractivity contribution in [2.45, 2.75) is 6.92 Å². The third kappa shape index (κ3) is 4.27. The van der Waals surface area contributed by atoms with E-state index in [2.05, 4.69) is 0 Å². The van der Waals surface area contributed by atoms with E-state index in [-0.39, 0.29) is 39.6 Å². The molecular weight excluding hydrogens is 438 g/mol. The first-order valence-electron chi connectivity index (χ1n) is 9.29. The lowest BCUT2D eigenvalue weighted by Gasteiger charge is -2.37. The van der Waals surface area contributed by atoms with E-state index in [0.29, 0.717) is 43.2 Å². The molecule has 2 aromatic carbocycles. The van der Waals surface area contributed by atoms with E-state index in [9.17, 15) is 9.59 Å². The predicted molar refractivity (Wildman–Crippen MR) is 107 cm³/mol. The maximum Gasteiger partial charge on any atom is 0.306 e. The molecule has 0 saturated carbocycles. The number of quaternary nitrogens is 1. The van der Waals surface area contributed by atoms with Crippen molar-refractivity contribution in [3.8, 4) is 11.1 Å². The van der Waals surface area contributed by atoms with Gasteiger partial charge in [0, 0.05) is 12.5 Å². The number of hydrogen-bond donors (Lipinski definition) is 0. The van der Waals surface area contributed by atoms with Gasteiger partial charge in [0.25, 0.3) is 0 Å². The zero-order valence-corrected chi connectivity index (χ0v) is 17.7. The van der Waals surface area contributed by atoms with Crippen molar-refractivity contribution in [1.82, 2.24) is 4.48 Å². The van der Waals surface area contributed by atoms with Gasteiger partial charge in [-0.05, 0) is 11.6 Å². The summed E-state index contributed by atoms with van der Waals surface area (Å²) in [4.78, 5) is 24.3. The average Bonchev–Trinajstić information content (AvgIpc) is 2.73. The van der Waals surface area contributed by atoms with Gasteiger partial charge in [0.15, 0.2) is 11.0 Å². The fourth-order valence-electron chi connectivity index (χ4n) is 3.56. The molecule has 4 rings (SSSR count). The summed E-state index contributed by atoms with van der Waals surface area (Å²) >= 11 is 0. The third-order valence-corrected chi connectivity index (χ3v) is 5.14. The molecule has 1 saturated heterocycles. The van der Waals surface area contributed by atoms with E-state index < -0.39 is 0 Å². The Bertz CT molecular complexity index is 1060. The van der Waals surface area contributed by atoms with Gasteiger partial charge in [0.1, 0.15) is 13.1 Å². The van der Waals surface area contributed by atoms with Crippen LogP contribution in [0.4, 0.5) is 5.88 Å². The summed E-state index contributed by atoms with van der Waals surface area (Å²) in [6.07, 6.45) is 0. The summed E-state index contributed by atoms with van der Waals surface area (Å²) in [5, 5.41) is 0.531. The second-order valence-electron chi connectivity index (χ2n) is 6.97. The fraction of sp³-hybridized carbons (Fsp3) is 0.273. The molecule has 6 nitrogen and oxygen atoms in total. The summed E-state index contributed by atoms with van der Waals surface area (Å²) < 4.78 is 17.4. The number of morpholine rings is 1. The maximum atomic E-state index is 12.9. The smallest absolute Gasteiger partial charge is 0.306 e.